The summed E-state index contributed by atoms with van der Waals surface area (Å²) in [6, 6.07) is 10.9. The van der Waals surface area contributed by atoms with E-state index in [-0.39, 0.29) is 5.88 Å². The Labute approximate surface area is 135 Å². The minimum atomic E-state index is 0.269. The van der Waals surface area contributed by atoms with Crippen molar-refractivity contribution >= 4 is 57.4 Å². The molecule has 0 radical (unpaired) electrons. The summed E-state index contributed by atoms with van der Waals surface area (Å²) in [5, 5.41) is 1.58. The first-order valence-electron chi connectivity index (χ1n) is 5.79. The third-order valence-corrected chi connectivity index (χ3v) is 4.26. The van der Waals surface area contributed by atoms with Crippen LogP contribution in [0.2, 0.25) is 15.1 Å². The number of benzene rings is 2. The zero-order valence-corrected chi connectivity index (χ0v) is 13.1. The minimum Gasteiger partial charge on any atom is -0.294 e. The van der Waals surface area contributed by atoms with Crippen molar-refractivity contribution in [1.82, 2.24) is 9.55 Å². The average Bonchev–Trinajstić information content (AvgIpc) is 2.82. The fourth-order valence-corrected chi connectivity index (χ4v) is 2.85. The Bertz CT molecular complexity index is 795. The van der Waals surface area contributed by atoms with Gasteiger partial charge in [0, 0.05) is 5.69 Å². The minimum absolute atomic E-state index is 0.269. The molecule has 0 saturated carbocycles. The maximum absolute atomic E-state index is 6.29. The Hall–Kier alpha value is -0.930. The molecule has 6 heteroatoms. The Morgan fingerprint density at radius 3 is 2.45 bits per heavy atom. The zero-order chi connectivity index (χ0) is 14.3. The summed E-state index contributed by atoms with van der Waals surface area (Å²) in [6.45, 7) is 0. The van der Waals surface area contributed by atoms with Crippen molar-refractivity contribution in [2.75, 3.05) is 0 Å². The molecule has 0 amide bonds. The van der Waals surface area contributed by atoms with Gasteiger partial charge in [-0.3, -0.25) is 4.57 Å². The SMILES string of the molecule is ClCc1nc2cccc(Cl)c2n1-c1ccc(Cl)c(Cl)c1. The number of para-hydroxylation sites is 1. The molecule has 1 aromatic heterocycles. The Balaban J connectivity index is 2.36. The zero-order valence-electron chi connectivity index (χ0n) is 10.1. The van der Waals surface area contributed by atoms with E-state index in [9.17, 15) is 0 Å². The number of halogens is 4. The van der Waals surface area contributed by atoms with E-state index in [0.29, 0.717) is 20.9 Å². The van der Waals surface area contributed by atoms with Crippen molar-refractivity contribution < 1.29 is 0 Å². The fraction of sp³-hybridized carbons (Fsp3) is 0.0714. The van der Waals surface area contributed by atoms with Crippen molar-refractivity contribution in [2.45, 2.75) is 5.88 Å². The highest BCUT2D eigenvalue weighted by Crippen LogP contribution is 2.31. The van der Waals surface area contributed by atoms with Crippen LogP contribution in [0.4, 0.5) is 0 Å². The van der Waals surface area contributed by atoms with Gasteiger partial charge in [-0.2, -0.15) is 0 Å². The lowest BCUT2D eigenvalue weighted by molar-refractivity contribution is 0.982. The Morgan fingerprint density at radius 1 is 0.950 bits per heavy atom. The molecule has 0 unspecified atom stereocenters. The standard InChI is InChI=1S/C14H8Cl4N2/c15-7-13-19-12-3-1-2-10(17)14(12)20(13)8-4-5-9(16)11(18)6-8/h1-6H,7H2. The summed E-state index contributed by atoms with van der Waals surface area (Å²) in [5.74, 6) is 0.971. The third kappa shape index (κ3) is 2.27. The van der Waals surface area contributed by atoms with Crippen molar-refractivity contribution in [3.8, 4) is 5.69 Å². The van der Waals surface area contributed by atoms with Crippen LogP contribution in [0.25, 0.3) is 16.7 Å². The third-order valence-electron chi connectivity index (χ3n) is 2.98. The smallest absolute Gasteiger partial charge is 0.129 e. The number of imidazole rings is 1. The molecule has 0 bridgehead atoms. The van der Waals surface area contributed by atoms with Crippen LogP contribution in [-0.4, -0.2) is 9.55 Å². The topological polar surface area (TPSA) is 17.8 Å². The number of rotatable bonds is 2. The molecule has 3 rings (SSSR count). The predicted molar refractivity (Wildman–Crippen MR) is 85.7 cm³/mol. The maximum atomic E-state index is 6.29. The first-order valence-corrected chi connectivity index (χ1v) is 7.46. The van der Waals surface area contributed by atoms with Crippen molar-refractivity contribution in [3.05, 3.63) is 57.3 Å². The highest BCUT2D eigenvalue weighted by atomic mass is 35.5. The van der Waals surface area contributed by atoms with E-state index in [2.05, 4.69) is 4.98 Å². The van der Waals surface area contributed by atoms with E-state index >= 15 is 0 Å². The number of hydrogen-bond acceptors (Lipinski definition) is 1. The van der Waals surface area contributed by atoms with Crippen molar-refractivity contribution in [3.63, 3.8) is 0 Å². The second-order valence-corrected chi connectivity index (χ2v) is 5.69. The number of alkyl halides is 1. The molecule has 0 aliphatic rings. The highest BCUT2D eigenvalue weighted by Gasteiger charge is 2.15. The Morgan fingerprint density at radius 2 is 1.75 bits per heavy atom. The molecule has 0 atom stereocenters. The average molecular weight is 346 g/mol. The van der Waals surface area contributed by atoms with E-state index in [1.54, 1.807) is 12.1 Å². The Kier molecular flexibility index (Phi) is 3.83. The molecule has 1 heterocycles. The van der Waals surface area contributed by atoms with Crippen molar-refractivity contribution in [1.29, 1.82) is 0 Å². The van der Waals surface area contributed by atoms with E-state index in [0.717, 1.165) is 16.7 Å². The molecular formula is C14H8Cl4N2. The molecule has 2 aromatic carbocycles. The summed E-state index contributed by atoms with van der Waals surface area (Å²) in [5.41, 5.74) is 2.42. The van der Waals surface area contributed by atoms with Gasteiger partial charge in [-0.15, -0.1) is 11.6 Å². The van der Waals surface area contributed by atoms with Crippen LogP contribution in [0.15, 0.2) is 36.4 Å². The quantitative estimate of drug-likeness (QED) is 0.543. The second-order valence-electron chi connectivity index (χ2n) is 4.20. The first-order chi connectivity index (χ1) is 9.61. The van der Waals surface area contributed by atoms with Gasteiger partial charge in [0.25, 0.3) is 0 Å². The normalized spacial score (nSPS) is 11.2. The van der Waals surface area contributed by atoms with Gasteiger partial charge in [-0.1, -0.05) is 40.9 Å². The molecule has 0 spiro atoms. The van der Waals surface area contributed by atoms with Gasteiger partial charge in [-0.05, 0) is 30.3 Å². The molecular weight excluding hydrogens is 338 g/mol. The van der Waals surface area contributed by atoms with E-state index in [1.165, 1.54) is 0 Å². The molecule has 0 aliphatic carbocycles. The molecule has 102 valence electrons. The number of nitrogens with zero attached hydrogens (tertiary/aromatic N) is 2. The summed E-state index contributed by atoms with van der Waals surface area (Å²) >= 11 is 24.3. The van der Waals surface area contributed by atoms with Gasteiger partial charge in [0.1, 0.15) is 5.82 Å². The molecule has 0 saturated heterocycles. The van der Waals surface area contributed by atoms with Crippen molar-refractivity contribution in [2.24, 2.45) is 0 Å². The van der Waals surface area contributed by atoms with E-state index in [1.807, 2.05) is 28.8 Å². The van der Waals surface area contributed by atoms with Crippen LogP contribution in [0.1, 0.15) is 5.82 Å². The molecule has 0 N–H and O–H groups in total. The molecule has 3 aromatic rings. The summed E-state index contributed by atoms with van der Waals surface area (Å²) in [6.07, 6.45) is 0. The monoisotopic (exact) mass is 344 g/mol. The fourth-order valence-electron chi connectivity index (χ4n) is 2.13. The van der Waals surface area contributed by atoms with Crippen LogP contribution >= 0.6 is 46.4 Å². The lowest BCUT2D eigenvalue weighted by Gasteiger charge is -2.09. The van der Waals surface area contributed by atoms with Gasteiger partial charge in [-0.25, -0.2) is 4.98 Å². The van der Waals surface area contributed by atoms with Gasteiger partial charge in [0.15, 0.2) is 0 Å². The summed E-state index contributed by atoms with van der Waals surface area (Å²) < 4.78 is 1.90. The molecule has 2 nitrogen and oxygen atoms in total. The largest absolute Gasteiger partial charge is 0.294 e. The van der Waals surface area contributed by atoms with Crippen LogP contribution in [0, 0.1) is 0 Å². The number of fused-ring (bicyclic) bond motifs is 1. The molecule has 20 heavy (non-hydrogen) atoms. The van der Waals surface area contributed by atoms with Gasteiger partial charge in [0.05, 0.1) is 32.0 Å². The molecule has 0 fully saturated rings. The van der Waals surface area contributed by atoms with E-state index < -0.39 is 0 Å². The summed E-state index contributed by atoms with van der Waals surface area (Å²) in [4.78, 5) is 4.49. The van der Waals surface area contributed by atoms with Crippen LogP contribution in [0.3, 0.4) is 0 Å². The van der Waals surface area contributed by atoms with Gasteiger partial charge < -0.3 is 0 Å². The number of hydrogen-bond donors (Lipinski definition) is 0. The van der Waals surface area contributed by atoms with Crippen LogP contribution in [0.5, 0.6) is 0 Å². The van der Waals surface area contributed by atoms with Crippen LogP contribution in [-0.2, 0) is 5.88 Å². The second kappa shape index (κ2) is 5.45. The summed E-state index contributed by atoms with van der Waals surface area (Å²) in [7, 11) is 0. The lowest BCUT2D eigenvalue weighted by atomic mass is 10.2. The van der Waals surface area contributed by atoms with Gasteiger partial charge in [0.2, 0.25) is 0 Å². The lowest BCUT2D eigenvalue weighted by Crippen LogP contribution is -1.99. The number of aromatic nitrogens is 2. The van der Waals surface area contributed by atoms with Crippen LogP contribution < -0.4 is 0 Å². The van der Waals surface area contributed by atoms with E-state index in [4.69, 9.17) is 46.4 Å². The van der Waals surface area contributed by atoms with Gasteiger partial charge >= 0.3 is 0 Å². The molecule has 0 aliphatic heterocycles. The first kappa shape index (κ1) is 14.0. The maximum Gasteiger partial charge on any atom is 0.129 e. The predicted octanol–water partition coefficient (Wildman–Crippen LogP) is 5.72. The highest BCUT2D eigenvalue weighted by molar-refractivity contribution is 6.42.